The Morgan fingerprint density at radius 2 is 2.23 bits per heavy atom. The third-order valence-electron chi connectivity index (χ3n) is 5.52. The van der Waals surface area contributed by atoms with Crippen molar-refractivity contribution in [2.24, 2.45) is 13.0 Å². The van der Waals surface area contributed by atoms with Crippen LogP contribution in [-0.4, -0.2) is 47.6 Å². The third-order valence-corrected chi connectivity index (χ3v) is 5.52. The molecule has 0 radical (unpaired) electrons. The molecule has 2 aromatic rings. The van der Waals surface area contributed by atoms with E-state index in [2.05, 4.69) is 40.9 Å². The molecule has 1 fully saturated rings. The molecular formula is C18H24N2O2. The molecule has 2 heterocycles. The minimum absolute atomic E-state index is 0.265. The van der Waals surface area contributed by atoms with Gasteiger partial charge in [0.15, 0.2) is 0 Å². The van der Waals surface area contributed by atoms with Crippen LogP contribution in [0.1, 0.15) is 23.5 Å². The Balaban J connectivity index is 1.82. The Hall–Kier alpha value is -1.36. The summed E-state index contributed by atoms with van der Waals surface area (Å²) in [5.74, 6) is 0.844. The summed E-state index contributed by atoms with van der Waals surface area (Å²) in [6, 6.07) is 7.16. The van der Waals surface area contributed by atoms with Crippen molar-refractivity contribution in [3.05, 3.63) is 35.5 Å². The first kappa shape index (κ1) is 14.2. The van der Waals surface area contributed by atoms with Crippen molar-refractivity contribution in [2.45, 2.75) is 24.8 Å². The van der Waals surface area contributed by atoms with Crippen LogP contribution in [0.4, 0.5) is 0 Å². The van der Waals surface area contributed by atoms with Gasteiger partial charge in [-0.15, -0.1) is 0 Å². The van der Waals surface area contributed by atoms with E-state index in [1.807, 2.05) is 0 Å². The number of hydrogen-bond donors (Lipinski definition) is 1. The van der Waals surface area contributed by atoms with Crippen molar-refractivity contribution < 1.29 is 9.84 Å². The van der Waals surface area contributed by atoms with Crippen molar-refractivity contribution in [1.82, 2.24) is 9.47 Å². The lowest BCUT2D eigenvalue weighted by molar-refractivity contribution is -0.0217. The summed E-state index contributed by atoms with van der Waals surface area (Å²) in [7, 11) is 3.89. The Kier molecular flexibility index (Phi) is 3.48. The lowest BCUT2D eigenvalue weighted by Gasteiger charge is -2.46. The third kappa shape index (κ3) is 2.02. The van der Waals surface area contributed by atoms with E-state index in [-0.39, 0.29) is 6.61 Å². The van der Waals surface area contributed by atoms with E-state index in [9.17, 15) is 5.11 Å². The summed E-state index contributed by atoms with van der Waals surface area (Å²) < 4.78 is 7.67. The molecule has 1 N–H and O–H groups in total. The normalized spacial score (nSPS) is 28.0. The second-order valence-corrected chi connectivity index (χ2v) is 6.86. The molecule has 4 heteroatoms. The molecule has 1 unspecified atom stereocenters. The van der Waals surface area contributed by atoms with Crippen LogP contribution in [0.3, 0.4) is 0 Å². The van der Waals surface area contributed by atoms with Crippen molar-refractivity contribution in [1.29, 1.82) is 0 Å². The topological polar surface area (TPSA) is 37.6 Å². The molecule has 0 spiro atoms. The van der Waals surface area contributed by atoms with E-state index in [1.165, 1.54) is 22.0 Å². The number of aromatic nitrogens is 1. The van der Waals surface area contributed by atoms with Gasteiger partial charge in [-0.1, -0.05) is 12.1 Å². The fourth-order valence-corrected chi connectivity index (χ4v) is 4.62. The molecule has 3 atom stereocenters. The summed E-state index contributed by atoms with van der Waals surface area (Å²) in [5.41, 5.74) is 4.25. The second kappa shape index (κ2) is 5.37. The molecule has 1 saturated heterocycles. The fraction of sp³-hybridized carbons (Fsp3) is 0.556. The van der Waals surface area contributed by atoms with Crippen LogP contribution in [0.5, 0.6) is 0 Å². The molecule has 1 aliphatic heterocycles. The molecule has 0 saturated carbocycles. The van der Waals surface area contributed by atoms with Gasteiger partial charge in [0.05, 0.1) is 6.73 Å². The first-order chi connectivity index (χ1) is 10.7. The van der Waals surface area contributed by atoms with Gasteiger partial charge in [0.25, 0.3) is 0 Å². The number of benzene rings is 1. The van der Waals surface area contributed by atoms with E-state index in [0.717, 1.165) is 19.4 Å². The summed E-state index contributed by atoms with van der Waals surface area (Å²) in [6.07, 6.45) is 4.45. The van der Waals surface area contributed by atoms with Gasteiger partial charge in [0, 0.05) is 56.4 Å². The number of methoxy groups -OCH3 is 1. The number of piperidine rings is 1. The quantitative estimate of drug-likeness (QED) is 0.943. The lowest BCUT2D eigenvalue weighted by atomic mass is 9.72. The van der Waals surface area contributed by atoms with E-state index >= 15 is 0 Å². The van der Waals surface area contributed by atoms with Crippen LogP contribution >= 0.6 is 0 Å². The van der Waals surface area contributed by atoms with Crippen molar-refractivity contribution >= 4 is 10.9 Å². The number of likely N-dealkylation sites (tertiary alicyclic amines) is 1. The standard InChI is InChI=1S/C18H24N2O2/c1-19-9-13-7-17-15(14-4-3-5-16(19)18(13)14)6-12(10-21)8-20(17)11-22-2/h3-5,9,12,15,17,21H,6-8,10-11H2,1-2H3/t12-,15?,17-/m1/s1. The van der Waals surface area contributed by atoms with E-state index in [0.29, 0.717) is 24.6 Å². The average Bonchev–Trinajstić information content (AvgIpc) is 2.86. The van der Waals surface area contributed by atoms with Crippen LogP contribution in [0.15, 0.2) is 24.4 Å². The minimum Gasteiger partial charge on any atom is -0.396 e. The number of rotatable bonds is 3. The minimum atomic E-state index is 0.265. The van der Waals surface area contributed by atoms with Gasteiger partial charge in [-0.2, -0.15) is 0 Å². The van der Waals surface area contributed by atoms with Crippen LogP contribution in [0, 0.1) is 5.92 Å². The highest BCUT2D eigenvalue weighted by Crippen LogP contribution is 2.44. The number of hydrogen-bond acceptors (Lipinski definition) is 3. The molecule has 1 aromatic heterocycles. The van der Waals surface area contributed by atoms with Crippen LogP contribution in [-0.2, 0) is 18.2 Å². The highest BCUT2D eigenvalue weighted by atomic mass is 16.5. The average molecular weight is 300 g/mol. The molecule has 1 aromatic carbocycles. The highest BCUT2D eigenvalue weighted by Gasteiger charge is 2.40. The molecule has 0 bridgehead atoms. The van der Waals surface area contributed by atoms with Crippen molar-refractivity contribution in [2.75, 3.05) is 27.0 Å². The van der Waals surface area contributed by atoms with Crippen molar-refractivity contribution in [3.8, 4) is 0 Å². The zero-order valence-electron chi connectivity index (χ0n) is 13.3. The number of aliphatic hydroxyl groups is 1. The predicted octanol–water partition coefficient (Wildman–Crippen LogP) is 2.10. The fourth-order valence-electron chi connectivity index (χ4n) is 4.62. The summed E-state index contributed by atoms with van der Waals surface area (Å²) >= 11 is 0. The Morgan fingerprint density at radius 3 is 3.00 bits per heavy atom. The maximum atomic E-state index is 9.69. The Morgan fingerprint density at radius 1 is 1.36 bits per heavy atom. The first-order valence-corrected chi connectivity index (χ1v) is 8.13. The highest BCUT2D eigenvalue weighted by molar-refractivity contribution is 5.89. The molecular weight excluding hydrogens is 276 g/mol. The second-order valence-electron chi connectivity index (χ2n) is 6.86. The van der Waals surface area contributed by atoms with Gasteiger partial charge in [-0.3, -0.25) is 4.90 Å². The van der Waals surface area contributed by atoms with Gasteiger partial charge in [0.1, 0.15) is 0 Å². The molecule has 1 aliphatic carbocycles. The van der Waals surface area contributed by atoms with Gasteiger partial charge in [0.2, 0.25) is 0 Å². The van der Waals surface area contributed by atoms with E-state index in [4.69, 9.17) is 4.74 Å². The van der Waals surface area contributed by atoms with Crippen LogP contribution < -0.4 is 0 Å². The molecule has 22 heavy (non-hydrogen) atoms. The number of nitrogens with zero attached hydrogens (tertiary/aromatic N) is 2. The first-order valence-electron chi connectivity index (χ1n) is 8.13. The van der Waals surface area contributed by atoms with E-state index < -0.39 is 0 Å². The zero-order chi connectivity index (χ0) is 15.3. The molecule has 2 aliphatic rings. The van der Waals surface area contributed by atoms with Gasteiger partial charge >= 0.3 is 0 Å². The summed E-state index contributed by atoms with van der Waals surface area (Å²) in [5, 5.41) is 11.1. The van der Waals surface area contributed by atoms with Crippen LogP contribution in [0.2, 0.25) is 0 Å². The summed E-state index contributed by atoms with van der Waals surface area (Å²) in [6.45, 7) is 1.85. The van der Waals surface area contributed by atoms with Gasteiger partial charge in [-0.25, -0.2) is 0 Å². The van der Waals surface area contributed by atoms with Crippen LogP contribution in [0.25, 0.3) is 10.9 Å². The molecule has 0 amide bonds. The Bertz CT molecular complexity index is 694. The van der Waals surface area contributed by atoms with Gasteiger partial charge in [-0.05, 0) is 36.0 Å². The molecule has 118 valence electrons. The number of aryl methyl sites for hydroxylation is 1. The maximum absolute atomic E-state index is 9.69. The van der Waals surface area contributed by atoms with E-state index in [1.54, 1.807) is 7.11 Å². The summed E-state index contributed by atoms with van der Waals surface area (Å²) in [4.78, 5) is 2.42. The number of aliphatic hydroxyl groups excluding tert-OH is 1. The molecule has 4 rings (SSSR count). The molecule has 4 nitrogen and oxygen atoms in total. The van der Waals surface area contributed by atoms with Crippen molar-refractivity contribution in [3.63, 3.8) is 0 Å². The number of fused-ring (bicyclic) bond motifs is 2. The Labute approximate surface area is 131 Å². The smallest absolute Gasteiger partial charge is 0.0989 e. The largest absolute Gasteiger partial charge is 0.396 e. The van der Waals surface area contributed by atoms with Gasteiger partial charge < -0.3 is 14.4 Å². The zero-order valence-corrected chi connectivity index (χ0v) is 13.3. The predicted molar refractivity (Wildman–Crippen MR) is 86.9 cm³/mol. The SMILES string of the molecule is COCN1C[C@H](CO)CC2c3cccc4c3c(cn4C)C[C@H]21. The number of ether oxygens (including phenoxy) is 1. The lowest BCUT2D eigenvalue weighted by Crippen LogP contribution is -2.51. The monoisotopic (exact) mass is 300 g/mol. The maximum Gasteiger partial charge on any atom is 0.0989 e.